The van der Waals surface area contributed by atoms with Crippen molar-refractivity contribution >= 4 is 17.9 Å². The Hall–Kier alpha value is -2.16. The minimum absolute atomic E-state index is 0.0715. The summed E-state index contributed by atoms with van der Waals surface area (Å²) in [5, 5.41) is 12.8. The molecule has 0 amide bonds. The van der Waals surface area contributed by atoms with Crippen LogP contribution in [0.3, 0.4) is 0 Å². The fourth-order valence-electron chi connectivity index (χ4n) is 1.72. The van der Waals surface area contributed by atoms with E-state index in [1.807, 2.05) is 0 Å². The zero-order valence-electron chi connectivity index (χ0n) is 10.1. The van der Waals surface area contributed by atoms with Crippen molar-refractivity contribution in [3.63, 3.8) is 0 Å². The van der Waals surface area contributed by atoms with Crippen LogP contribution >= 0.6 is 12.2 Å². The molecule has 2 aromatic rings. The van der Waals surface area contributed by atoms with Crippen molar-refractivity contribution < 1.29 is 18.1 Å². The number of hydrogen-bond acceptors (Lipinski definition) is 3. The van der Waals surface area contributed by atoms with E-state index in [1.165, 1.54) is 25.1 Å². The van der Waals surface area contributed by atoms with Gasteiger partial charge in [-0.25, -0.2) is 4.68 Å². The van der Waals surface area contributed by atoms with Crippen LogP contribution in [0, 0.1) is 21.7 Å². The second-order valence-corrected chi connectivity index (χ2v) is 4.41. The molecule has 1 N–H and O–H groups in total. The Morgan fingerprint density at radius 3 is 2.55 bits per heavy atom. The van der Waals surface area contributed by atoms with Gasteiger partial charge in [0.1, 0.15) is 10.3 Å². The molecule has 0 fully saturated rings. The number of rotatable bonds is 2. The molecule has 20 heavy (non-hydrogen) atoms. The molecule has 5 nitrogen and oxygen atoms in total. The lowest BCUT2D eigenvalue weighted by atomic mass is 10.2. The number of nitro benzene ring substituents is 1. The molecule has 1 heterocycles. The molecule has 0 radical (unpaired) electrons. The first-order valence-corrected chi connectivity index (χ1v) is 5.76. The number of non-ortho nitro benzene ring substituents is 1. The zero-order chi connectivity index (χ0) is 15.1. The first-order valence-electron chi connectivity index (χ1n) is 5.35. The summed E-state index contributed by atoms with van der Waals surface area (Å²) in [5.41, 5.74) is -1.15. The normalized spacial score (nSPS) is 11.6. The average Bonchev–Trinajstić information content (AvgIpc) is 2.66. The zero-order valence-corrected chi connectivity index (χ0v) is 10.9. The Balaban J connectivity index is 2.63. The van der Waals surface area contributed by atoms with Crippen molar-refractivity contribution in [3.8, 4) is 5.69 Å². The van der Waals surface area contributed by atoms with Gasteiger partial charge in [0.2, 0.25) is 0 Å². The third-order valence-corrected chi connectivity index (χ3v) is 3.19. The number of benzene rings is 1. The minimum Gasteiger partial charge on any atom is -0.288 e. The number of alkyl halides is 3. The molecule has 0 spiro atoms. The maximum absolute atomic E-state index is 12.8. The van der Waals surface area contributed by atoms with Crippen LogP contribution in [-0.4, -0.2) is 14.7 Å². The Kier molecular flexibility index (Phi) is 3.38. The largest absolute Gasteiger partial charge is 0.433 e. The molecule has 1 aromatic carbocycles. The van der Waals surface area contributed by atoms with Gasteiger partial charge in [-0.3, -0.25) is 15.2 Å². The maximum Gasteiger partial charge on any atom is 0.433 e. The average molecular weight is 303 g/mol. The lowest BCUT2D eigenvalue weighted by molar-refractivity contribution is -0.384. The number of H-pyrrole nitrogens is 1. The summed E-state index contributed by atoms with van der Waals surface area (Å²) in [7, 11) is 0. The van der Waals surface area contributed by atoms with E-state index >= 15 is 0 Å². The van der Waals surface area contributed by atoms with Crippen LogP contribution in [0.15, 0.2) is 24.3 Å². The van der Waals surface area contributed by atoms with E-state index in [0.717, 1.165) is 10.7 Å². The molecule has 0 aliphatic heterocycles. The molecule has 0 aliphatic carbocycles. The Morgan fingerprint density at radius 1 is 1.40 bits per heavy atom. The fourth-order valence-corrected chi connectivity index (χ4v) is 1.98. The molecular weight excluding hydrogens is 295 g/mol. The van der Waals surface area contributed by atoms with Gasteiger partial charge >= 0.3 is 6.18 Å². The van der Waals surface area contributed by atoms with E-state index in [1.54, 1.807) is 0 Å². The Labute approximate surface area is 115 Å². The van der Waals surface area contributed by atoms with Gasteiger partial charge < -0.3 is 0 Å². The van der Waals surface area contributed by atoms with Crippen molar-refractivity contribution in [3.05, 3.63) is 50.3 Å². The van der Waals surface area contributed by atoms with Crippen LogP contribution in [0.5, 0.6) is 0 Å². The summed E-state index contributed by atoms with van der Waals surface area (Å²) in [6, 6.07) is 5.19. The minimum atomic E-state index is -4.57. The highest BCUT2D eigenvalue weighted by Crippen LogP contribution is 2.32. The van der Waals surface area contributed by atoms with Crippen LogP contribution in [0.1, 0.15) is 11.3 Å². The summed E-state index contributed by atoms with van der Waals surface area (Å²) in [6.07, 6.45) is -4.57. The van der Waals surface area contributed by atoms with Crippen molar-refractivity contribution in [2.75, 3.05) is 0 Å². The standard InChI is InChI=1S/C11H8F3N3O2S/c1-6-9(11(12,13)14)15-16(10(6)20)7-3-2-4-8(5-7)17(18)19/h2-5,15H,1H3. The monoisotopic (exact) mass is 303 g/mol. The van der Waals surface area contributed by atoms with E-state index in [9.17, 15) is 23.3 Å². The molecule has 0 bridgehead atoms. The van der Waals surface area contributed by atoms with Gasteiger partial charge in [-0.2, -0.15) is 13.2 Å². The molecule has 1 aromatic heterocycles. The van der Waals surface area contributed by atoms with Gasteiger partial charge in [0, 0.05) is 17.7 Å². The van der Waals surface area contributed by atoms with Crippen LogP contribution in [0.25, 0.3) is 5.69 Å². The molecule has 0 saturated heterocycles. The Morgan fingerprint density at radius 2 is 2.05 bits per heavy atom. The molecule has 2 rings (SSSR count). The predicted molar refractivity (Wildman–Crippen MR) is 67.3 cm³/mol. The fraction of sp³-hybridized carbons (Fsp3) is 0.182. The third-order valence-electron chi connectivity index (χ3n) is 2.70. The molecule has 106 valence electrons. The molecule has 0 aliphatic rings. The summed E-state index contributed by atoms with van der Waals surface area (Å²) in [5.74, 6) is 0. The van der Waals surface area contributed by atoms with E-state index < -0.39 is 16.8 Å². The van der Waals surface area contributed by atoms with E-state index in [0.29, 0.717) is 0 Å². The molecule has 0 unspecified atom stereocenters. The number of aromatic nitrogens is 2. The number of halogens is 3. The summed E-state index contributed by atoms with van der Waals surface area (Å²) in [6.45, 7) is 1.25. The number of nitro groups is 1. The maximum atomic E-state index is 12.8. The second kappa shape index (κ2) is 4.75. The quantitative estimate of drug-likeness (QED) is 0.522. The SMILES string of the molecule is Cc1c(C(F)(F)F)[nH]n(-c2cccc([N+](=O)[O-])c2)c1=S. The Bertz CT molecular complexity index is 733. The van der Waals surface area contributed by atoms with Crippen LogP contribution in [0.4, 0.5) is 18.9 Å². The van der Waals surface area contributed by atoms with Crippen LogP contribution in [0.2, 0.25) is 0 Å². The highest BCUT2D eigenvalue weighted by Gasteiger charge is 2.35. The highest BCUT2D eigenvalue weighted by molar-refractivity contribution is 7.71. The smallest absolute Gasteiger partial charge is 0.288 e. The summed E-state index contributed by atoms with van der Waals surface area (Å²) >= 11 is 4.94. The van der Waals surface area contributed by atoms with Gasteiger partial charge in [0.25, 0.3) is 5.69 Å². The molecule has 0 saturated carbocycles. The van der Waals surface area contributed by atoms with E-state index in [-0.39, 0.29) is 21.6 Å². The lowest BCUT2D eigenvalue weighted by Gasteiger charge is -2.05. The summed E-state index contributed by atoms with van der Waals surface area (Å²) in [4.78, 5) is 10.0. The first-order chi connectivity index (χ1) is 9.21. The predicted octanol–water partition coefficient (Wildman–Crippen LogP) is 3.77. The van der Waals surface area contributed by atoms with Gasteiger partial charge in [-0.15, -0.1) is 0 Å². The highest BCUT2D eigenvalue weighted by atomic mass is 32.1. The number of nitrogens with zero attached hydrogens (tertiary/aromatic N) is 2. The number of aromatic amines is 1. The topological polar surface area (TPSA) is 63.9 Å². The summed E-state index contributed by atoms with van der Waals surface area (Å²) < 4.78 is 39.2. The van der Waals surface area contributed by atoms with E-state index in [4.69, 9.17) is 12.2 Å². The first kappa shape index (κ1) is 14.3. The third kappa shape index (κ3) is 2.44. The van der Waals surface area contributed by atoms with Crippen molar-refractivity contribution in [2.45, 2.75) is 13.1 Å². The van der Waals surface area contributed by atoms with E-state index in [2.05, 4.69) is 5.10 Å². The van der Waals surface area contributed by atoms with Gasteiger partial charge in [0.05, 0.1) is 10.6 Å². The van der Waals surface area contributed by atoms with Gasteiger partial charge in [-0.1, -0.05) is 18.3 Å². The van der Waals surface area contributed by atoms with Crippen molar-refractivity contribution in [1.29, 1.82) is 0 Å². The second-order valence-electron chi connectivity index (χ2n) is 4.03. The lowest BCUT2D eigenvalue weighted by Crippen LogP contribution is -2.08. The van der Waals surface area contributed by atoms with Crippen LogP contribution < -0.4 is 0 Å². The number of nitrogens with one attached hydrogen (secondary N) is 1. The molecule has 9 heteroatoms. The van der Waals surface area contributed by atoms with Crippen molar-refractivity contribution in [1.82, 2.24) is 9.78 Å². The van der Waals surface area contributed by atoms with Gasteiger partial charge in [0.15, 0.2) is 0 Å². The molecular formula is C11H8F3N3O2S. The number of hydrogen-bond donors (Lipinski definition) is 1. The molecule has 0 atom stereocenters. The van der Waals surface area contributed by atoms with Crippen LogP contribution in [-0.2, 0) is 6.18 Å². The van der Waals surface area contributed by atoms with Crippen molar-refractivity contribution in [2.24, 2.45) is 0 Å². The van der Waals surface area contributed by atoms with Gasteiger partial charge in [-0.05, 0) is 13.0 Å².